The molecule has 0 aliphatic rings. The van der Waals surface area contributed by atoms with Gasteiger partial charge in [-0.05, 0) is 25.5 Å². The summed E-state index contributed by atoms with van der Waals surface area (Å²) in [6, 6.07) is 6.22. The second kappa shape index (κ2) is 7.78. The number of aromatic nitrogens is 2. The van der Waals surface area contributed by atoms with Crippen LogP contribution >= 0.6 is 0 Å². The van der Waals surface area contributed by atoms with Crippen LogP contribution in [0.4, 0.5) is 0 Å². The Kier molecular flexibility index (Phi) is 5.74. The van der Waals surface area contributed by atoms with Crippen LogP contribution in [-0.2, 0) is 16.1 Å². The molecule has 2 N–H and O–H groups in total. The summed E-state index contributed by atoms with van der Waals surface area (Å²) in [6.07, 6.45) is 0.539. The average molecular weight is 347 g/mol. The van der Waals surface area contributed by atoms with Gasteiger partial charge in [0.25, 0.3) is 11.1 Å². The number of hydrogen-bond donors (Lipinski definition) is 2. The number of benzene rings is 1. The van der Waals surface area contributed by atoms with E-state index in [0.717, 1.165) is 4.68 Å². The van der Waals surface area contributed by atoms with Gasteiger partial charge in [0.2, 0.25) is 5.91 Å². The molecule has 0 bridgehead atoms. The maximum atomic E-state index is 12.4. The SMILES string of the molecule is CCC(C)N(CC(=O)O)C(=O)CCn1[nH]c(=O)c2ccccc2c1=O. The Morgan fingerprint density at radius 3 is 2.48 bits per heavy atom. The van der Waals surface area contributed by atoms with Gasteiger partial charge >= 0.3 is 5.97 Å². The maximum absolute atomic E-state index is 12.4. The molecule has 0 saturated carbocycles. The first-order valence-corrected chi connectivity index (χ1v) is 8.08. The van der Waals surface area contributed by atoms with Crippen LogP contribution in [-0.4, -0.2) is 44.3 Å². The van der Waals surface area contributed by atoms with Crippen molar-refractivity contribution in [3.05, 3.63) is 45.0 Å². The van der Waals surface area contributed by atoms with Crippen LogP contribution in [0.15, 0.2) is 33.9 Å². The number of carboxylic acid groups (broad SMARTS) is 1. The van der Waals surface area contributed by atoms with E-state index in [1.807, 2.05) is 6.92 Å². The number of carbonyl (C=O) groups is 2. The lowest BCUT2D eigenvalue weighted by molar-refractivity contribution is -0.146. The van der Waals surface area contributed by atoms with Crippen LogP contribution in [0, 0.1) is 0 Å². The van der Waals surface area contributed by atoms with Crippen molar-refractivity contribution in [2.45, 2.75) is 39.3 Å². The molecule has 1 atom stereocenters. The zero-order valence-electron chi connectivity index (χ0n) is 14.2. The van der Waals surface area contributed by atoms with E-state index in [2.05, 4.69) is 5.10 Å². The van der Waals surface area contributed by atoms with Gasteiger partial charge in [0.05, 0.1) is 17.3 Å². The molecule has 1 amide bonds. The highest BCUT2D eigenvalue weighted by Gasteiger charge is 2.21. The van der Waals surface area contributed by atoms with E-state index < -0.39 is 23.6 Å². The minimum absolute atomic E-state index is 0.0235. The lowest BCUT2D eigenvalue weighted by atomic mass is 10.2. The monoisotopic (exact) mass is 347 g/mol. The van der Waals surface area contributed by atoms with Gasteiger partial charge in [0.1, 0.15) is 6.54 Å². The lowest BCUT2D eigenvalue weighted by Gasteiger charge is -2.27. The van der Waals surface area contributed by atoms with Crippen molar-refractivity contribution in [3.63, 3.8) is 0 Å². The Hall–Kier alpha value is -2.90. The van der Waals surface area contributed by atoms with Gasteiger partial charge in [-0.25, -0.2) is 4.68 Å². The molecular weight excluding hydrogens is 326 g/mol. The average Bonchev–Trinajstić information content (AvgIpc) is 2.60. The quantitative estimate of drug-likeness (QED) is 0.769. The van der Waals surface area contributed by atoms with Crippen molar-refractivity contribution < 1.29 is 14.7 Å². The predicted molar refractivity (Wildman–Crippen MR) is 92.5 cm³/mol. The minimum atomic E-state index is -1.09. The van der Waals surface area contributed by atoms with Gasteiger partial charge < -0.3 is 10.0 Å². The molecule has 1 aromatic carbocycles. The van der Waals surface area contributed by atoms with Crippen molar-refractivity contribution in [3.8, 4) is 0 Å². The highest BCUT2D eigenvalue weighted by molar-refractivity contribution is 5.82. The zero-order valence-corrected chi connectivity index (χ0v) is 14.2. The van der Waals surface area contributed by atoms with Crippen LogP contribution < -0.4 is 11.1 Å². The molecular formula is C17H21N3O5. The number of H-pyrrole nitrogens is 1. The van der Waals surface area contributed by atoms with Crippen molar-refractivity contribution in [1.29, 1.82) is 0 Å². The van der Waals surface area contributed by atoms with Crippen molar-refractivity contribution in [2.24, 2.45) is 0 Å². The van der Waals surface area contributed by atoms with Crippen molar-refractivity contribution in [2.75, 3.05) is 6.54 Å². The first-order chi connectivity index (χ1) is 11.8. The summed E-state index contributed by atoms with van der Waals surface area (Å²) in [6.45, 7) is 3.21. The van der Waals surface area contributed by atoms with Gasteiger partial charge in [0.15, 0.2) is 0 Å². The van der Waals surface area contributed by atoms with Crippen LogP contribution in [0.3, 0.4) is 0 Å². The molecule has 1 heterocycles. The van der Waals surface area contributed by atoms with Crippen LogP contribution in [0.5, 0.6) is 0 Å². The number of rotatable bonds is 7. The summed E-state index contributed by atoms with van der Waals surface area (Å²) < 4.78 is 1.10. The van der Waals surface area contributed by atoms with Gasteiger partial charge in [-0.1, -0.05) is 19.1 Å². The standard InChI is InChI=1S/C17H21N3O5/c1-3-11(2)19(10-15(22)23)14(21)8-9-20-17(25)13-7-5-4-6-12(13)16(24)18-20/h4-7,11H,3,8-10H2,1-2H3,(H,18,24)(H,22,23). The van der Waals surface area contributed by atoms with E-state index in [9.17, 15) is 19.2 Å². The number of aromatic amines is 1. The van der Waals surface area contributed by atoms with Crippen molar-refractivity contribution >= 4 is 22.6 Å². The topological polar surface area (TPSA) is 112 Å². The first-order valence-electron chi connectivity index (χ1n) is 8.08. The second-order valence-electron chi connectivity index (χ2n) is 5.87. The molecule has 0 radical (unpaired) electrons. The minimum Gasteiger partial charge on any atom is -0.480 e. The van der Waals surface area contributed by atoms with Gasteiger partial charge in [-0.15, -0.1) is 0 Å². The van der Waals surface area contributed by atoms with Gasteiger partial charge in [0, 0.05) is 12.5 Å². The van der Waals surface area contributed by atoms with E-state index in [1.54, 1.807) is 31.2 Å². The van der Waals surface area contributed by atoms with Crippen LogP contribution in [0.2, 0.25) is 0 Å². The van der Waals surface area contributed by atoms with E-state index in [0.29, 0.717) is 11.8 Å². The number of aliphatic carboxylic acids is 1. The van der Waals surface area contributed by atoms with Crippen LogP contribution in [0.1, 0.15) is 26.7 Å². The molecule has 1 aromatic heterocycles. The fourth-order valence-electron chi connectivity index (χ4n) is 2.61. The fraction of sp³-hybridized carbons (Fsp3) is 0.412. The summed E-state index contributed by atoms with van der Waals surface area (Å²) in [5, 5.41) is 12.0. The smallest absolute Gasteiger partial charge is 0.323 e. The Morgan fingerprint density at radius 2 is 1.88 bits per heavy atom. The number of nitrogens with one attached hydrogen (secondary N) is 1. The predicted octanol–water partition coefficient (Wildman–Crippen LogP) is 0.792. The Labute approximate surface area is 143 Å². The maximum Gasteiger partial charge on any atom is 0.323 e. The molecule has 0 aliphatic carbocycles. The molecule has 0 saturated heterocycles. The lowest BCUT2D eigenvalue weighted by Crippen LogP contribution is -2.42. The molecule has 8 nitrogen and oxygen atoms in total. The normalized spacial score (nSPS) is 12.1. The molecule has 1 unspecified atom stereocenters. The third kappa shape index (κ3) is 4.14. The number of aryl methyl sites for hydroxylation is 1. The summed E-state index contributed by atoms with van der Waals surface area (Å²) in [4.78, 5) is 49.0. The molecule has 2 rings (SSSR count). The fourth-order valence-corrected chi connectivity index (χ4v) is 2.61. The Morgan fingerprint density at radius 1 is 1.24 bits per heavy atom. The molecule has 0 spiro atoms. The molecule has 0 fully saturated rings. The molecule has 0 aliphatic heterocycles. The molecule has 8 heteroatoms. The molecule has 2 aromatic rings. The first kappa shape index (κ1) is 18.4. The number of nitrogens with zero attached hydrogens (tertiary/aromatic N) is 2. The molecule has 25 heavy (non-hydrogen) atoms. The summed E-state index contributed by atoms with van der Waals surface area (Å²) in [7, 11) is 0. The van der Waals surface area contributed by atoms with Gasteiger partial charge in [-0.3, -0.25) is 24.3 Å². The van der Waals surface area contributed by atoms with E-state index in [1.165, 1.54) is 4.90 Å². The third-order valence-electron chi connectivity index (χ3n) is 4.18. The number of hydrogen-bond acceptors (Lipinski definition) is 4. The molecule has 134 valence electrons. The summed E-state index contributed by atoms with van der Waals surface area (Å²) in [5.74, 6) is -1.47. The Bertz CT molecular complexity index is 899. The highest BCUT2D eigenvalue weighted by Crippen LogP contribution is 2.07. The van der Waals surface area contributed by atoms with Crippen LogP contribution in [0.25, 0.3) is 10.8 Å². The summed E-state index contributed by atoms with van der Waals surface area (Å²) in [5.41, 5.74) is -0.803. The second-order valence-corrected chi connectivity index (χ2v) is 5.87. The third-order valence-corrected chi connectivity index (χ3v) is 4.18. The number of fused-ring (bicyclic) bond motifs is 1. The Balaban J connectivity index is 2.23. The van der Waals surface area contributed by atoms with Crippen molar-refractivity contribution in [1.82, 2.24) is 14.7 Å². The van der Waals surface area contributed by atoms with Gasteiger partial charge in [-0.2, -0.15) is 0 Å². The summed E-state index contributed by atoms with van der Waals surface area (Å²) >= 11 is 0. The zero-order chi connectivity index (χ0) is 18.6. The number of carbonyl (C=O) groups excluding carboxylic acids is 1. The largest absolute Gasteiger partial charge is 0.480 e. The van der Waals surface area contributed by atoms with E-state index in [4.69, 9.17) is 5.11 Å². The number of carboxylic acids is 1. The van der Waals surface area contributed by atoms with E-state index in [-0.39, 0.29) is 30.3 Å². The van der Waals surface area contributed by atoms with E-state index >= 15 is 0 Å². The highest BCUT2D eigenvalue weighted by atomic mass is 16.4. The number of amides is 1.